The summed E-state index contributed by atoms with van der Waals surface area (Å²) in [6, 6.07) is 6.02. The fourth-order valence-corrected chi connectivity index (χ4v) is 3.55. The number of alkyl halides is 3. The standard InChI is InChI=1S/C20H25F3N4O2/c1-3-14-13-27(9-7-15(14)11-18(28)26(2)10-8-24)19(29)25-17-6-4-5-16(12-17)20(21,22)23/h4-6,12,14-15H,3,7,9-11,13H2,1-2H3,(H,25,29)/t14-,15-/m0/s1. The number of rotatable bonds is 5. The van der Waals surface area contributed by atoms with Crippen LogP contribution in [0.4, 0.5) is 23.7 Å². The first kappa shape index (κ1) is 22.5. The van der Waals surface area contributed by atoms with Gasteiger partial charge in [0, 0.05) is 32.2 Å². The minimum Gasteiger partial charge on any atom is -0.332 e. The minimum absolute atomic E-state index is 0.0356. The lowest BCUT2D eigenvalue weighted by Gasteiger charge is -2.38. The molecule has 1 fully saturated rings. The van der Waals surface area contributed by atoms with Gasteiger partial charge in [-0.05, 0) is 36.5 Å². The number of halogens is 3. The summed E-state index contributed by atoms with van der Waals surface area (Å²) < 4.78 is 38.5. The monoisotopic (exact) mass is 410 g/mol. The van der Waals surface area contributed by atoms with E-state index in [-0.39, 0.29) is 30.0 Å². The van der Waals surface area contributed by atoms with Gasteiger partial charge in [0.2, 0.25) is 5.91 Å². The Bertz CT molecular complexity index is 776. The molecule has 2 rings (SSSR count). The number of likely N-dealkylation sites (tertiary alicyclic amines) is 1. The number of amides is 3. The predicted molar refractivity (Wildman–Crippen MR) is 102 cm³/mol. The molecule has 1 heterocycles. The molecule has 1 aliphatic rings. The van der Waals surface area contributed by atoms with Gasteiger partial charge in [-0.15, -0.1) is 0 Å². The van der Waals surface area contributed by atoms with Crippen LogP contribution in [0.2, 0.25) is 0 Å². The molecule has 6 nitrogen and oxygen atoms in total. The highest BCUT2D eigenvalue weighted by Gasteiger charge is 2.33. The SMILES string of the molecule is CC[C@H]1CN(C(=O)Nc2cccc(C(F)(F)F)c2)CC[C@H]1CC(=O)N(C)CC#N. The fourth-order valence-electron chi connectivity index (χ4n) is 3.55. The second-order valence-electron chi connectivity index (χ2n) is 7.28. The molecule has 158 valence electrons. The second kappa shape index (κ2) is 9.63. The Balaban J connectivity index is 1.97. The summed E-state index contributed by atoms with van der Waals surface area (Å²) in [4.78, 5) is 27.7. The van der Waals surface area contributed by atoms with Gasteiger partial charge in [-0.1, -0.05) is 19.4 Å². The fraction of sp³-hybridized carbons (Fsp3) is 0.550. The van der Waals surface area contributed by atoms with E-state index in [0.29, 0.717) is 25.9 Å². The van der Waals surface area contributed by atoms with E-state index in [4.69, 9.17) is 5.26 Å². The van der Waals surface area contributed by atoms with E-state index < -0.39 is 17.8 Å². The number of anilines is 1. The third-order valence-electron chi connectivity index (χ3n) is 5.31. The van der Waals surface area contributed by atoms with Crippen molar-refractivity contribution < 1.29 is 22.8 Å². The Morgan fingerprint density at radius 2 is 2.07 bits per heavy atom. The van der Waals surface area contributed by atoms with E-state index in [1.54, 1.807) is 11.9 Å². The molecule has 0 spiro atoms. The number of nitriles is 1. The summed E-state index contributed by atoms with van der Waals surface area (Å²) in [6.45, 7) is 2.87. The van der Waals surface area contributed by atoms with Crippen LogP contribution in [-0.2, 0) is 11.0 Å². The molecule has 0 aromatic heterocycles. The molecule has 0 unspecified atom stereocenters. The van der Waals surface area contributed by atoms with Crippen molar-refractivity contribution >= 4 is 17.6 Å². The van der Waals surface area contributed by atoms with Crippen LogP contribution in [0.15, 0.2) is 24.3 Å². The summed E-state index contributed by atoms with van der Waals surface area (Å²) in [6.07, 6.45) is -2.76. The minimum atomic E-state index is -4.47. The number of hydrogen-bond acceptors (Lipinski definition) is 3. The highest BCUT2D eigenvalue weighted by atomic mass is 19.4. The van der Waals surface area contributed by atoms with Crippen molar-refractivity contribution in [3.8, 4) is 6.07 Å². The van der Waals surface area contributed by atoms with Gasteiger partial charge < -0.3 is 15.1 Å². The molecule has 9 heteroatoms. The van der Waals surface area contributed by atoms with Gasteiger partial charge in [-0.2, -0.15) is 18.4 Å². The molecule has 1 aromatic carbocycles. The van der Waals surface area contributed by atoms with Crippen molar-refractivity contribution in [3.05, 3.63) is 29.8 Å². The van der Waals surface area contributed by atoms with Crippen molar-refractivity contribution in [2.45, 2.75) is 32.4 Å². The van der Waals surface area contributed by atoms with E-state index >= 15 is 0 Å². The predicted octanol–water partition coefficient (Wildman–Crippen LogP) is 3.96. The highest BCUT2D eigenvalue weighted by Crippen LogP contribution is 2.32. The van der Waals surface area contributed by atoms with Crippen LogP contribution in [0, 0.1) is 23.2 Å². The van der Waals surface area contributed by atoms with E-state index in [1.165, 1.54) is 17.0 Å². The van der Waals surface area contributed by atoms with Crippen molar-refractivity contribution in [1.82, 2.24) is 9.80 Å². The largest absolute Gasteiger partial charge is 0.416 e. The average molecular weight is 410 g/mol. The molecule has 1 aliphatic heterocycles. The maximum Gasteiger partial charge on any atom is 0.416 e. The zero-order chi connectivity index (χ0) is 21.6. The van der Waals surface area contributed by atoms with Crippen LogP contribution in [-0.4, -0.2) is 48.4 Å². The molecular weight excluding hydrogens is 385 g/mol. The number of piperidine rings is 1. The summed E-state index contributed by atoms with van der Waals surface area (Å²) in [5.41, 5.74) is -0.728. The summed E-state index contributed by atoms with van der Waals surface area (Å²) in [7, 11) is 1.59. The van der Waals surface area contributed by atoms with Crippen molar-refractivity contribution in [2.75, 3.05) is 32.0 Å². The number of hydrogen-bond donors (Lipinski definition) is 1. The molecule has 0 bridgehead atoms. The smallest absolute Gasteiger partial charge is 0.332 e. The number of nitrogens with zero attached hydrogens (tertiary/aromatic N) is 3. The Hall–Kier alpha value is -2.76. The van der Waals surface area contributed by atoms with Crippen LogP contribution < -0.4 is 5.32 Å². The molecule has 0 aliphatic carbocycles. The number of carbonyl (C=O) groups is 2. The van der Waals surface area contributed by atoms with E-state index in [9.17, 15) is 22.8 Å². The average Bonchev–Trinajstić information content (AvgIpc) is 2.67. The Morgan fingerprint density at radius 1 is 1.34 bits per heavy atom. The Kier molecular flexibility index (Phi) is 7.48. The van der Waals surface area contributed by atoms with Crippen LogP contribution >= 0.6 is 0 Å². The van der Waals surface area contributed by atoms with Gasteiger partial charge in [0.05, 0.1) is 11.6 Å². The number of benzene rings is 1. The van der Waals surface area contributed by atoms with Crippen LogP contribution in [0.1, 0.15) is 31.7 Å². The molecule has 0 radical (unpaired) electrons. The van der Waals surface area contributed by atoms with Gasteiger partial charge in [-0.25, -0.2) is 4.79 Å². The summed E-state index contributed by atoms with van der Waals surface area (Å²) in [5, 5.41) is 11.2. The maximum absolute atomic E-state index is 12.8. The third kappa shape index (κ3) is 6.11. The first-order valence-corrected chi connectivity index (χ1v) is 9.49. The van der Waals surface area contributed by atoms with E-state index in [0.717, 1.165) is 18.6 Å². The van der Waals surface area contributed by atoms with Crippen molar-refractivity contribution in [3.63, 3.8) is 0 Å². The summed E-state index contributed by atoms with van der Waals surface area (Å²) >= 11 is 0. The maximum atomic E-state index is 12.8. The van der Waals surface area contributed by atoms with E-state index in [1.807, 2.05) is 13.0 Å². The molecule has 3 amide bonds. The van der Waals surface area contributed by atoms with E-state index in [2.05, 4.69) is 5.32 Å². The molecule has 1 aromatic rings. The lowest BCUT2D eigenvalue weighted by molar-refractivity contribution is -0.137. The Morgan fingerprint density at radius 3 is 2.69 bits per heavy atom. The molecule has 1 saturated heterocycles. The summed E-state index contributed by atoms with van der Waals surface area (Å²) in [5.74, 6) is 0.110. The van der Waals surface area contributed by atoms with Crippen LogP contribution in [0.3, 0.4) is 0 Å². The van der Waals surface area contributed by atoms with Crippen molar-refractivity contribution in [2.24, 2.45) is 11.8 Å². The molecule has 1 N–H and O–H groups in total. The highest BCUT2D eigenvalue weighted by molar-refractivity contribution is 5.89. The molecule has 29 heavy (non-hydrogen) atoms. The topological polar surface area (TPSA) is 76.4 Å². The number of nitrogens with one attached hydrogen (secondary N) is 1. The molecule has 2 atom stereocenters. The van der Waals surface area contributed by atoms with Crippen LogP contribution in [0.25, 0.3) is 0 Å². The first-order chi connectivity index (χ1) is 13.7. The zero-order valence-corrected chi connectivity index (χ0v) is 16.5. The first-order valence-electron chi connectivity index (χ1n) is 9.49. The van der Waals surface area contributed by atoms with Gasteiger partial charge in [-0.3, -0.25) is 4.79 Å². The van der Waals surface area contributed by atoms with Crippen molar-refractivity contribution in [1.29, 1.82) is 5.26 Å². The van der Waals surface area contributed by atoms with Crippen LogP contribution in [0.5, 0.6) is 0 Å². The van der Waals surface area contributed by atoms with Gasteiger partial charge in [0.15, 0.2) is 0 Å². The van der Waals surface area contributed by atoms with Gasteiger partial charge in [0.25, 0.3) is 0 Å². The quantitative estimate of drug-likeness (QED) is 0.747. The second-order valence-corrected chi connectivity index (χ2v) is 7.28. The van der Waals surface area contributed by atoms with Gasteiger partial charge >= 0.3 is 12.2 Å². The molecular formula is C20H25F3N4O2. The normalized spacial score (nSPS) is 19.4. The lowest BCUT2D eigenvalue weighted by Crippen LogP contribution is -2.46. The zero-order valence-electron chi connectivity index (χ0n) is 16.5. The van der Waals surface area contributed by atoms with Gasteiger partial charge in [0.1, 0.15) is 6.54 Å². The number of carbonyl (C=O) groups excluding carboxylic acids is 2. The molecule has 0 saturated carbocycles. The third-order valence-corrected chi connectivity index (χ3v) is 5.31. The Labute approximate surface area is 168 Å². The number of urea groups is 1. The lowest BCUT2D eigenvalue weighted by atomic mass is 9.81.